The third-order valence-corrected chi connectivity index (χ3v) is 6.20. The topological polar surface area (TPSA) is 96.6 Å². The van der Waals surface area contributed by atoms with Crippen LogP contribution < -0.4 is 10.6 Å². The summed E-state index contributed by atoms with van der Waals surface area (Å²) < 4.78 is 39.2. The first-order valence-electron chi connectivity index (χ1n) is 8.86. The maximum Gasteiger partial charge on any atom is 0.417 e. The fraction of sp³-hybridized carbons (Fsp3) is 0.368. The minimum atomic E-state index is -4.51. The number of amides is 1. The van der Waals surface area contributed by atoms with E-state index in [2.05, 4.69) is 4.98 Å². The molecule has 2 aromatic rings. The van der Waals surface area contributed by atoms with Crippen molar-refractivity contribution in [2.45, 2.75) is 38.1 Å². The lowest BCUT2D eigenvalue weighted by molar-refractivity contribution is -0.137. The molecule has 7 nitrogen and oxygen atoms in total. The molecular weight excluding hydrogens is 421 g/mol. The second kappa shape index (κ2) is 7.80. The lowest BCUT2D eigenvalue weighted by Gasteiger charge is -2.34. The summed E-state index contributed by atoms with van der Waals surface area (Å²) in [7, 11) is 0. The number of nitrogens with zero attached hydrogens (tertiary/aromatic N) is 3. The Morgan fingerprint density at radius 1 is 1.40 bits per heavy atom. The first-order valence-corrected chi connectivity index (χ1v) is 9.74. The molecule has 0 bridgehead atoms. The molecule has 0 saturated carbocycles. The zero-order chi connectivity index (χ0) is 22.3. The number of thiophene rings is 1. The second-order valence-electron chi connectivity index (χ2n) is 7.45. The van der Waals surface area contributed by atoms with Crippen molar-refractivity contribution in [1.29, 1.82) is 0 Å². The summed E-state index contributed by atoms with van der Waals surface area (Å²) in [5, 5.41) is 1.20. The molecule has 160 valence electrons. The number of aldehydes is 1. The molecule has 3 heterocycles. The van der Waals surface area contributed by atoms with E-state index in [1.807, 2.05) is 4.90 Å². The van der Waals surface area contributed by atoms with Gasteiger partial charge in [0.15, 0.2) is 6.29 Å². The van der Waals surface area contributed by atoms with Gasteiger partial charge < -0.3 is 10.6 Å². The summed E-state index contributed by atoms with van der Waals surface area (Å²) in [6, 6.07) is 1.59. The number of ketones is 1. The van der Waals surface area contributed by atoms with E-state index in [4.69, 9.17) is 5.73 Å². The Labute approximate surface area is 174 Å². The van der Waals surface area contributed by atoms with Crippen LogP contribution in [0.15, 0.2) is 29.9 Å². The van der Waals surface area contributed by atoms with Gasteiger partial charge in [-0.25, -0.2) is 0 Å². The maximum absolute atomic E-state index is 13.1. The van der Waals surface area contributed by atoms with Crippen molar-refractivity contribution in [2.24, 2.45) is 5.73 Å². The van der Waals surface area contributed by atoms with E-state index < -0.39 is 35.0 Å². The van der Waals surface area contributed by atoms with E-state index in [1.54, 1.807) is 19.9 Å². The lowest BCUT2D eigenvalue weighted by Crippen LogP contribution is -2.51. The molecule has 2 N–H and O–H groups in total. The molecule has 2 aromatic heterocycles. The van der Waals surface area contributed by atoms with Crippen molar-refractivity contribution in [3.8, 4) is 0 Å². The molecule has 3 rings (SSSR count). The van der Waals surface area contributed by atoms with Crippen LogP contribution in [0.25, 0.3) is 0 Å². The Balaban J connectivity index is 1.99. The van der Waals surface area contributed by atoms with Gasteiger partial charge in [0, 0.05) is 29.9 Å². The number of aromatic nitrogens is 1. The highest BCUT2D eigenvalue weighted by Gasteiger charge is 2.50. The quantitative estimate of drug-likeness (QED) is 0.548. The number of alkyl halides is 3. The van der Waals surface area contributed by atoms with Gasteiger partial charge in [-0.05, 0) is 31.5 Å². The van der Waals surface area contributed by atoms with E-state index in [9.17, 15) is 27.6 Å². The predicted octanol–water partition coefficient (Wildman–Crippen LogP) is 2.46. The van der Waals surface area contributed by atoms with Crippen molar-refractivity contribution >= 4 is 34.3 Å². The zero-order valence-corrected chi connectivity index (χ0v) is 17.0. The molecule has 0 spiro atoms. The van der Waals surface area contributed by atoms with Gasteiger partial charge in [0.2, 0.25) is 5.78 Å². The number of rotatable bonds is 6. The van der Waals surface area contributed by atoms with E-state index in [-0.39, 0.29) is 30.1 Å². The number of carbonyl (C=O) groups excluding carboxylic acids is 3. The molecule has 1 fully saturated rings. The largest absolute Gasteiger partial charge is 0.417 e. The number of nitrogens with two attached hydrogens (primary N) is 1. The maximum atomic E-state index is 13.1. The number of pyridine rings is 1. The Kier molecular flexibility index (Phi) is 5.70. The molecule has 0 aromatic carbocycles. The molecular formula is C19H19F3N4O3S. The Morgan fingerprint density at radius 2 is 2.10 bits per heavy atom. The van der Waals surface area contributed by atoms with E-state index in [0.717, 1.165) is 22.8 Å². The van der Waals surface area contributed by atoms with E-state index >= 15 is 0 Å². The van der Waals surface area contributed by atoms with Crippen molar-refractivity contribution < 1.29 is 27.6 Å². The van der Waals surface area contributed by atoms with Gasteiger partial charge >= 0.3 is 6.18 Å². The third-order valence-electron chi connectivity index (χ3n) is 5.24. The summed E-state index contributed by atoms with van der Waals surface area (Å²) in [6.07, 6.45) is -1.50. The molecule has 1 amide bonds. The van der Waals surface area contributed by atoms with Gasteiger partial charge in [-0.3, -0.25) is 24.3 Å². The standard InChI is InChI=1S/C19H19F3N4O3S/c1-18(2)16(14(28)8-27)26(15-5-12(9-30-15)19(20,21)22)10-25(18)7-11-3-4-24-6-13(11)17(23)29/h3-6,8-9,16H,7,10H2,1-2H3,(H2,23,29). The highest BCUT2D eigenvalue weighted by atomic mass is 32.1. The number of carbonyl (C=O) groups is 3. The monoisotopic (exact) mass is 440 g/mol. The van der Waals surface area contributed by atoms with Crippen LogP contribution in [0.3, 0.4) is 0 Å². The first-order chi connectivity index (χ1) is 14.0. The summed E-state index contributed by atoms with van der Waals surface area (Å²) >= 11 is 0.849. The molecule has 0 aliphatic carbocycles. The second-order valence-corrected chi connectivity index (χ2v) is 8.34. The van der Waals surface area contributed by atoms with Crippen molar-refractivity contribution in [2.75, 3.05) is 11.6 Å². The molecule has 30 heavy (non-hydrogen) atoms. The van der Waals surface area contributed by atoms with Crippen molar-refractivity contribution in [3.63, 3.8) is 0 Å². The number of hydrogen-bond donors (Lipinski definition) is 1. The average molecular weight is 440 g/mol. The van der Waals surface area contributed by atoms with Crippen LogP contribution in [0.1, 0.15) is 35.3 Å². The smallest absolute Gasteiger partial charge is 0.366 e. The van der Waals surface area contributed by atoms with Crippen LogP contribution in [-0.2, 0) is 22.3 Å². The van der Waals surface area contributed by atoms with Crippen LogP contribution in [0, 0.1) is 0 Å². The van der Waals surface area contributed by atoms with Gasteiger partial charge in [0.05, 0.1) is 22.8 Å². The Bertz CT molecular complexity index is 989. The predicted molar refractivity (Wildman–Crippen MR) is 104 cm³/mol. The number of primary amides is 1. The summed E-state index contributed by atoms with van der Waals surface area (Å²) in [5.74, 6) is -1.41. The Hall–Kier alpha value is -2.79. The van der Waals surface area contributed by atoms with Gasteiger partial charge in [-0.1, -0.05) is 0 Å². The van der Waals surface area contributed by atoms with Crippen molar-refractivity contribution in [3.05, 3.63) is 46.6 Å². The summed E-state index contributed by atoms with van der Waals surface area (Å²) in [6.45, 7) is 3.71. The molecule has 11 heteroatoms. The minimum absolute atomic E-state index is 0.0790. The van der Waals surface area contributed by atoms with Gasteiger partial charge in [-0.15, -0.1) is 11.3 Å². The van der Waals surface area contributed by atoms with Crippen LogP contribution in [-0.4, -0.2) is 46.1 Å². The number of hydrogen-bond acceptors (Lipinski definition) is 7. The van der Waals surface area contributed by atoms with Crippen LogP contribution >= 0.6 is 11.3 Å². The third kappa shape index (κ3) is 3.94. The van der Waals surface area contributed by atoms with E-state index in [1.165, 1.54) is 17.3 Å². The molecule has 0 radical (unpaired) electrons. The molecule has 1 unspecified atom stereocenters. The van der Waals surface area contributed by atoms with Crippen LogP contribution in [0.5, 0.6) is 0 Å². The SMILES string of the molecule is CC1(C)C(C(=O)C=O)N(c2cc(C(F)(F)F)cs2)CN1Cc1ccncc1C(N)=O. The Morgan fingerprint density at radius 3 is 2.67 bits per heavy atom. The molecule has 1 atom stereocenters. The number of halogens is 3. The molecule has 1 saturated heterocycles. The summed E-state index contributed by atoms with van der Waals surface area (Å²) in [4.78, 5) is 42.6. The minimum Gasteiger partial charge on any atom is -0.366 e. The number of anilines is 1. The highest BCUT2D eigenvalue weighted by molar-refractivity contribution is 7.14. The van der Waals surface area contributed by atoms with E-state index in [0.29, 0.717) is 5.56 Å². The van der Waals surface area contributed by atoms with Gasteiger partial charge in [0.25, 0.3) is 5.91 Å². The van der Waals surface area contributed by atoms with Gasteiger partial charge in [-0.2, -0.15) is 13.2 Å². The van der Waals surface area contributed by atoms with Crippen LogP contribution in [0.2, 0.25) is 0 Å². The first kappa shape index (κ1) is 21.9. The summed E-state index contributed by atoms with van der Waals surface area (Å²) in [5.41, 5.74) is 4.44. The highest BCUT2D eigenvalue weighted by Crippen LogP contribution is 2.42. The molecule has 1 aliphatic heterocycles. The molecule has 1 aliphatic rings. The lowest BCUT2D eigenvalue weighted by atomic mass is 9.90. The average Bonchev–Trinajstić information content (AvgIpc) is 3.25. The fourth-order valence-electron chi connectivity index (χ4n) is 3.63. The van der Waals surface area contributed by atoms with Crippen LogP contribution in [0.4, 0.5) is 18.2 Å². The normalized spacial score (nSPS) is 19.1. The number of Topliss-reactive ketones (excluding diaryl/α,β-unsaturated/α-hetero) is 1. The zero-order valence-electron chi connectivity index (χ0n) is 16.1. The fourth-order valence-corrected chi connectivity index (χ4v) is 4.57. The van der Waals surface area contributed by atoms with Crippen molar-refractivity contribution in [1.82, 2.24) is 9.88 Å². The van der Waals surface area contributed by atoms with Gasteiger partial charge in [0.1, 0.15) is 6.04 Å².